The number of benzene rings is 3. The number of nitrogens with one attached hydrogen (secondary N) is 2. The lowest BCUT2D eigenvalue weighted by Crippen LogP contribution is -2.21. The highest BCUT2D eigenvalue weighted by atomic mass is 35.5. The van der Waals surface area contributed by atoms with Crippen LogP contribution in [0.3, 0.4) is 0 Å². The van der Waals surface area contributed by atoms with Gasteiger partial charge in [-0.1, -0.05) is 29.3 Å². The number of amides is 1. The Morgan fingerprint density at radius 1 is 0.935 bits per heavy atom. The van der Waals surface area contributed by atoms with Crippen LogP contribution in [0.5, 0.6) is 5.75 Å². The van der Waals surface area contributed by atoms with E-state index in [1.807, 2.05) is 0 Å². The van der Waals surface area contributed by atoms with E-state index < -0.39 is 39.9 Å². The molecule has 0 spiro atoms. The molecule has 0 aliphatic heterocycles. The fourth-order valence-electron chi connectivity index (χ4n) is 2.48. The molecule has 3 rings (SSSR count). The Hall–Kier alpha value is -2.88. The second kappa shape index (κ2) is 9.51. The second-order valence-corrected chi connectivity index (χ2v) is 8.72. The maximum absolute atomic E-state index is 13.6. The Bertz CT molecular complexity index is 1180. The molecule has 0 aliphatic rings. The monoisotopic (exact) mass is 486 g/mol. The van der Waals surface area contributed by atoms with E-state index in [4.69, 9.17) is 27.9 Å². The first-order valence-corrected chi connectivity index (χ1v) is 10.8. The molecule has 0 heterocycles. The zero-order valence-electron chi connectivity index (χ0n) is 15.5. The van der Waals surface area contributed by atoms with Crippen molar-refractivity contribution in [2.45, 2.75) is 4.90 Å². The predicted octanol–water partition coefficient (Wildman–Crippen LogP) is 5.09. The zero-order valence-corrected chi connectivity index (χ0v) is 17.9. The van der Waals surface area contributed by atoms with Crippen LogP contribution in [0.4, 0.5) is 20.2 Å². The van der Waals surface area contributed by atoms with Crippen molar-refractivity contribution in [3.63, 3.8) is 0 Å². The number of carbonyl (C=O) groups excluding carboxylic acids is 1. The maximum Gasteiger partial charge on any atom is 0.262 e. The predicted molar refractivity (Wildman–Crippen MR) is 114 cm³/mol. The summed E-state index contributed by atoms with van der Waals surface area (Å²) in [6, 6.07) is 12.6. The quantitative estimate of drug-likeness (QED) is 0.487. The summed E-state index contributed by atoms with van der Waals surface area (Å²) in [6.45, 7) is -0.543. The van der Waals surface area contributed by atoms with E-state index in [0.717, 1.165) is 12.1 Å². The van der Waals surface area contributed by atoms with Crippen molar-refractivity contribution in [2.75, 3.05) is 16.6 Å². The molecule has 3 aromatic carbocycles. The van der Waals surface area contributed by atoms with Gasteiger partial charge in [0.25, 0.3) is 15.9 Å². The van der Waals surface area contributed by atoms with Gasteiger partial charge in [0.2, 0.25) is 0 Å². The van der Waals surface area contributed by atoms with E-state index in [0.29, 0.717) is 0 Å². The molecule has 0 saturated heterocycles. The molecule has 3 aromatic rings. The first-order valence-electron chi connectivity index (χ1n) is 8.60. The van der Waals surface area contributed by atoms with Gasteiger partial charge in [0, 0.05) is 10.0 Å². The molecule has 31 heavy (non-hydrogen) atoms. The molecule has 0 bridgehead atoms. The van der Waals surface area contributed by atoms with Crippen molar-refractivity contribution < 1.29 is 26.7 Å². The Labute approximate surface area is 186 Å². The molecule has 6 nitrogen and oxygen atoms in total. The van der Waals surface area contributed by atoms with Gasteiger partial charge in [0.15, 0.2) is 6.61 Å². The van der Waals surface area contributed by atoms with Crippen LogP contribution in [0, 0.1) is 11.6 Å². The zero-order chi connectivity index (χ0) is 22.6. The highest BCUT2D eigenvalue weighted by Crippen LogP contribution is 2.25. The van der Waals surface area contributed by atoms with Gasteiger partial charge in [-0.05, 0) is 54.6 Å². The van der Waals surface area contributed by atoms with E-state index in [-0.39, 0.29) is 26.4 Å². The number of halogens is 4. The number of anilines is 2. The van der Waals surface area contributed by atoms with Crippen molar-refractivity contribution in [3.05, 3.63) is 82.3 Å². The minimum absolute atomic E-state index is 0.0752. The van der Waals surface area contributed by atoms with Crippen LogP contribution >= 0.6 is 23.2 Å². The average molecular weight is 487 g/mol. The Kier molecular flexibility index (Phi) is 6.99. The topological polar surface area (TPSA) is 84.5 Å². The molecule has 0 unspecified atom stereocenters. The average Bonchev–Trinajstić information content (AvgIpc) is 2.68. The van der Waals surface area contributed by atoms with Crippen LogP contribution in [-0.4, -0.2) is 20.9 Å². The molecule has 2 N–H and O–H groups in total. The molecule has 0 atom stereocenters. The molecule has 0 fully saturated rings. The van der Waals surface area contributed by atoms with Gasteiger partial charge < -0.3 is 10.1 Å². The van der Waals surface area contributed by atoms with E-state index in [1.165, 1.54) is 48.5 Å². The van der Waals surface area contributed by atoms with Crippen molar-refractivity contribution >= 4 is 50.5 Å². The largest absolute Gasteiger partial charge is 0.484 e. The number of para-hydroxylation sites is 1. The lowest BCUT2D eigenvalue weighted by molar-refractivity contribution is -0.118. The minimum atomic E-state index is -3.93. The third-order valence-electron chi connectivity index (χ3n) is 3.85. The molecule has 0 radical (unpaired) electrons. The van der Waals surface area contributed by atoms with Crippen LogP contribution in [0.1, 0.15) is 0 Å². The molecule has 1 amide bonds. The SMILES string of the molecule is O=C(COc1ccc(S(=O)(=O)Nc2cc(Cl)cc(Cl)c2)cc1)Nc1c(F)cccc1F. The van der Waals surface area contributed by atoms with Gasteiger partial charge in [0.05, 0.1) is 10.6 Å². The van der Waals surface area contributed by atoms with Gasteiger partial charge >= 0.3 is 0 Å². The normalized spacial score (nSPS) is 11.1. The minimum Gasteiger partial charge on any atom is -0.484 e. The van der Waals surface area contributed by atoms with Gasteiger partial charge in [-0.2, -0.15) is 0 Å². The van der Waals surface area contributed by atoms with E-state index in [9.17, 15) is 22.0 Å². The fraction of sp³-hybridized carbons (Fsp3) is 0.0500. The Morgan fingerprint density at radius 2 is 1.52 bits per heavy atom. The second-order valence-electron chi connectivity index (χ2n) is 6.17. The number of rotatable bonds is 7. The van der Waals surface area contributed by atoms with Gasteiger partial charge in [-0.3, -0.25) is 9.52 Å². The molecule has 0 aliphatic carbocycles. The summed E-state index contributed by atoms with van der Waals surface area (Å²) >= 11 is 11.7. The molecule has 0 saturated carbocycles. The third-order valence-corrected chi connectivity index (χ3v) is 5.68. The van der Waals surface area contributed by atoms with Crippen LogP contribution in [0.25, 0.3) is 0 Å². The maximum atomic E-state index is 13.6. The summed E-state index contributed by atoms with van der Waals surface area (Å²) in [5, 5.41) is 2.61. The standard InChI is InChI=1S/C20H14Cl2F2N2O4S/c21-12-8-13(22)10-14(9-12)26-31(28,29)16-6-4-15(5-7-16)30-11-19(27)25-20-17(23)2-1-3-18(20)24/h1-10,26H,11H2,(H,25,27). The van der Waals surface area contributed by atoms with E-state index in [1.54, 1.807) is 0 Å². The van der Waals surface area contributed by atoms with Gasteiger partial charge in [-0.15, -0.1) is 0 Å². The summed E-state index contributed by atoms with van der Waals surface area (Å²) in [6.07, 6.45) is 0. The van der Waals surface area contributed by atoms with Crippen molar-refractivity contribution in [1.82, 2.24) is 0 Å². The number of carbonyl (C=O) groups is 1. The third kappa shape index (κ3) is 6.06. The fourth-order valence-corrected chi connectivity index (χ4v) is 4.05. The lowest BCUT2D eigenvalue weighted by Gasteiger charge is -2.11. The Morgan fingerprint density at radius 3 is 2.10 bits per heavy atom. The number of sulfonamides is 1. The molecule has 162 valence electrons. The van der Waals surface area contributed by atoms with Crippen molar-refractivity contribution in [2.24, 2.45) is 0 Å². The molecular formula is C20H14Cl2F2N2O4S. The van der Waals surface area contributed by atoms with Crippen LogP contribution in [0.15, 0.2) is 65.6 Å². The van der Waals surface area contributed by atoms with Crippen LogP contribution in [-0.2, 0) is 14.8 Å². The molecular weight excluding hydrogens is 473 g/mol. The van der Waals surface area contributed by atoms with Crippen LogP contribution < -0.4 is 14.8 Å². The smallest absolute Gasteiger partial charge is 0.262 e. The first-order chi connectivity index (χ1) is 14.6. The van der Waals surface area contributed by atoms with Gasteiger partial charge in [-0.25, -0.2) is 17.2 Å². The highest BCUT2D eigenvalue weighted by Gasteiger charge is 2.16. The number of hydrogen-bond acceptors (Lipinski definition) is 4. The summed E-state index contributed by atoms with van der Waals surface area (Å²) in [5.41, 5.74) is -0.389. The van der Waals surface area contributed by atoms with Crippen molar-refractivity contribution in [1.29, 1.82) is 0 Å². The number of ether oxygens (including phenoxy) is 1. The Balaban J connectivity index is 1.62. The number of hydrogen-bond donors (Lipinski definition) is 2. The van der Waals surface area contributed by atoms with Crippen molar-refractivity contribution in [3.8, 4) is 5.75 Å². The van der Waals surface area contributed by atoms with E-state index >= 15 is 0 Å². The molecule has 0 aromatic heterocycles. The first kappa shape index (κ1) is 22.8. The molecule has 11 heteroatoms. The lowest BCUT2D eigenvalue weighted by atomic mass is 10.3. The summed E-state index contributed by atoms with van der Waals surface area (Å²) in [5.74, 6) is -2.46. The summed E-state index contributed by atoms with van der Waals surface area (Å²) < 4.78 is 59.7. The summed E-state index contributed by atoms with van der Waals surface area (Å²) in [4.78, 5) is 11.8. The summed E-state index contributed by atoms with van der Waals surface area (Å²) in [7, 11) is -3.93. The highest BCUT2D eigenvalue weighted by molar-refractivity contribution is 7.92. The van der Waals surface area contributed by atoms with Gasteiger partial charge in [0.1, 0.15) is 23.1 Å². The van der Waals surface area contributed by atoms with E-state index in [2.05, 4.69) is 10.0 Å². The van der Waals surface area contributed by atoms with Crippen LogP contribution in [0.2, 0.25) is 10.0 Å².